The summed E-state index contributed by atoms with van der Waals surface area (Å²) in [4.78, 5) is 0. The third kappa shape index (κ3) is 3.43. The normalized spacial score (nSPS) is 32.9. The van der Waals surface area contributed by atoms with E-state index in [0.717, 1.165) is 32.1 Å². The van der Waals surface area contributed by atoms with Gasteiger partial charge in [0.15, 0.2) is 0 Å². The fraction of sp³-hybridized carbons (Fsp3) is 1.00. The zero-order valence-corrected chi connectivity index (χ0v) is 10.0. The highest BCUT2D eigenvalue weighted by molar-refractivity contribution is 7.87. The third-order valence-electron chi connectivity index (χ3n) is 3.32. The zero-order chi connectivity index (χ0) is 10.9. The van der Waals surface area contributed by atoms with Crippen LogP contribution in [0, 0.1) is 5.92 Å². The lowest BCUT2D eigenvalue weighted by atomic mass is 9.87. The fourth-order valence-corrected chi connectivity index (χ4v) is 3.64. The van der Waals surface area contributed by atoms with Crippen molar-refractivity contribution in [3.8, 4) is 0 Å². The van der Waals surface area contributed by atoms with Crippen molar-refractivity contribution in [3.05, 3.63) is 0 Å². The van der Waals surface area contributed by atoms with Crippen molar-refractivity contribution in [1.29, 1.82) is 0 Å². The van der Waals surface area contributed by atoms with E-state index in [1.54, 1.807) is 0 Å². The monoisotopic (exact) mass is 232 g/mol. The van der Waals surface area contributed by atoms with Crippen LogP contribution >= 0.6 is 0 Å². The summed E-state index contributed by atoms with van der Waals surface area (Å²) in [6.07, 6.45) is 6.46. The van der Waals surface area contributed by atoms with E-state index < -0.39 is 10.2 Å². The van der Waals surface area contributed by atoms with E-state index in [1.165, 1.54) is 6.42 Å². The topological polar surface area (TPSA) is 58.2 Å². The Balaban J connectivity index is 1.88. The molecule has 2 N–H and O–H groups in total. The number of hydrogen-bond acceptors (Lipinski definition) is 2. The molecule has 0 aromatic carbocycles. The van der Waals surface area contributed by atoms with E-state index in [2.05, 4.69) is 16.4 Å². The van der Waals surface area contributed by atoms with Gasteiger partial charge >= 0.3 is 0 Å². The third-order valence-corrected chi connectivity index (χ3v) is 4.57. The minimum absolute atomic E-state index is 0.134. The van der Waals surface area contributed by atoms with E-state index in [4.69, 9.17) is 0 Å². The SMILES string of the molecule is CC1CCCCC1NS(=O)(=O)NC1CC1. The number of nitrogens with one attached hydrogen (secondary N) is 2. The lowest BCUT2D eigenvalue weighted by molar-refractivity contribution is 0.309. The van der Waals surface area contributed by atoms with E-state index in [-0.39, 0.29) is 12.1 Å². The highest BCUT2D eigenvalue weighted by Gasteiger charge is 2.30. The van der Waals surface area contributed by atoms with Crippen LogP contribution in [-0.2, 0) is 10.2 Å². The first-order valence-electron chi connectivity index (χ1n) is 5.86. The van der Waals surface area contributed by atoms with Gasteiger partial charge in [-0.05, 0) is 31.6 Å². The van der Waals surface area contributed by atoms with Crippen LogP contribution < -0.4 is 9.44 Å². The van der Waals surface area contributed by atoms with Crippen LogP contribution in [0.25, 0.3) is 0 Å². The molecule has 0 bridgehead atoms. The van der Waals surface area contributed by atoms with Gasteiger partial charge in [0, 0.05) is 12.1 Å². The molecule has 0 aromatic rings. The van der Waals surface area contributed by atoms with Gasteiger partial charge in [-0.25, -0.2) is 0 Å². The highest BCUT2D eigenvalue weighted by Crippen LogP contribution is 2.25. The molecule has 2 fully saturated rings. The van der Waals surface area contributed by atoms with Gasteiger partial charge in [0.2, 0.25) is 0 Å². The molecular weight excluding hydrogens is 212 g/mol. The van der Waals surface area contributed by atoms with Crippen LogP contribution in [-0.4, -0.2) is 20.5 Å². The molecular formula is C10H20N2O2S. The highest BCUT2D eigenvalue weighted by atomic mass is 32.2. The Morgan fingerprint density at radius 3 is 2.27 bits per heavy atom. The standard InChI is InChI=1S/C10H20N2O2S/c1-8-4-2-3-5-10(8)12-15(13,14)11-9-6-7-9/h8-12H,2-7H2,1H3. The van der Waals surface area contributed by atoms with Gasteiger partial charge in [-0.15, -0.1) is 0 Å². The van der Waals surface area contributed by atoms with Crippen LogP contribution in [0.4, 0.5) is 0 Å². The molecule has 5 heteroatoms. The molecule has 0 spiro atoms. The van der Waals surface area contributed by atoms with Crippen LogP contribution in [0.15, 0.2) is 0 Å². The van der Waals surface area contributed by atoms with E-state index in [9.17, 15) is 8.42 Å². The van der Waals surface area contributed by atoms with Crippen molar-refractivity contribution in [2.75, 3.05) is 0 Å². The van der Waals surface area contributed by atoms with Crippen LogP contribution in [0.3, 0.4) is 0 Å². The minimum atomic E-state index is -3.25. The first-order valence-corrected chi connectivity index (χ1v) is 7.35. The van der Waals surface area contributed by atoms with E-state index in [1.807, 2.05) is 0 Å². The molecule has 2 saturated carbocycles. The molecule has 88 valence electrons. The van der Waals surface area contributed by atoms with Gasteiger partial charge in [0.1, 0.15) is 0 Å². The molecule has 0 aromatic heterocycles. The molecule has 0 radical (unpaired) electrons. The maximum absolute atomic E-state index is 11.7. The second-order valence-corrected chi connectivity index (χ2v) is 6.36. The van der Waals surface area contributed by atoms with Gasteiger partial charge in [-0.3, -0.25) is 0 Å². The number of hydrogen-bond donors (Lipinski definition) is 2. The van der Waals surface area contributed by atoms with Crippen LogP contribution in [0.1, 0.15) is 45.4 Å². The second kappa shape index (κ2) is 4.39. The van der Waals surface area contributed by atoms with Gasteiger partial charge in [-0.1, -0.05) is 19.8 Å². The summed E-state index contributed by atoms with van der Waals surface area (Å²) in [7, 11) is -3.25. The number of rotatable bonds is 4. The average molecular weight is 232 g/mol. The Hall–Kier alpha value is -0.130. The van der Waals surface area contributed by atoms with E-state index in [0.29, 0.717) is 5.92 Å². The Kier molecular flexibility index (Phi) is 3.33. The first kappa shape index (κ1) is 11.4. The molecule has 0 amide bonds. The zero-order valence-electron chi connectivity index (χ0n) is 9.20. The Morgan fingerprint density at radius 2 is 1.67 bits per heavy atom. The predicted octanol–water partition coefficient (Wildman–Crippen LogP) is 1.15. The van der Waals surface area contributed by atoms with Crippen molar-refractivity contribution in [3.63, 3.8) is 0 Å². The van der Waals surface area contributed by atoms with Crippen LogP contribution in [0.2, 0.25) is 0 Å². The largest absolute Gasteiger partial charge is 0.277 e. The Labute approximate surface area is 92.0 Å². The van der Waals surface area contributed by atoms with Crippen molar-refractivity contribution >= 4 is 10.2 Å². The van der Waals surface area contributed by atoms with Crippen molar-refractivity contribution in [2.45, 2.75) is 57.5 Å². The summed E-state index contributed by atoms with van der Waals surface area (Å²) >= 11 is 0. The molecule has 2 aliphatic rings. The maximum Gasteiger partial charge on any atom is 0.277 e. The average Bonchev–Trinajstić information content (AvgIpc) is 2.91. The molecule has 0 aliphatic heterocycles. The van der Waals surface area contributed by atoms with Gasteiger partial charge in [0.25, 0.3) is 10.2 Å². The molecule has 2 unspecified atom stereocenters. The van der Waals surface area contributed by atoms with E-state index >= 15 is 0 Å². The fourth-order valence-electron chi connectivity index (χ4n) is 2.15. The van der Waals surface area contributed by atoms with Gasteiger partial charge in [0.05, 0.1) is 0 Å². The molecule has 2 rings (SSSR count). The quantitative estimate of drug-likeness (QED) is 0.764. The minimum Gasteiger partial charge on any atom is -0.199 e. The van der Waals surface area contributed by atoms with Crippen molar-refractivity contribution < 1.29 is 8.42 Å². The summed E-state index contributed by atoms with van der Waals surface area (Å²) in [6, 6.07) is 0.330. The lowest BCUT2D eigenvalue weighted by Crippen LogP contribution is -2.47. The molecule has 2 atom stereocenters. The molecule has 15 heavy (non-hydrogen) atoms. The first-order chi connectivity index (χ1) is 7.07. The summed E-state index contributed by atoms with van der Waals surface area (Å²) in [5.74, 6) is 0.467. The smallest absolute Gasteiger partial charge is 0.199 e. The Morgan fingerprint density at radius 1 is 1.00 bits per heavy atom. The van der Waals surface area contributed by atoms with Gasteiger partial charge < -0.3 is 0 Å². The summed E-state index contributed by atoms with van der Waals surface area (Å²) in [5, 5.41) is 0. The molecule has 0 heterocycles. The molecule has 0 saturated heterocycles. The second-order valence-electron chi connectivity index (χ2n) is 4.88. The van der Waals surface area contributed by atoms with Crippen molar-refractivity contribution in [2.24, 2.45) is 5.92 Å². The lowest BCUT2D eigenvalue weighted by Gasteiger charge is -2.29. The van der Waals surface area contributed by atoms with Crippen molar-refractivity contribution in [1.82, 2.24) is 9.44 Å². The van der Waals surface area contributed by atoms with Crippen LogP contribution in [0.5, 0.6) is 0 Å². The maximum atomic E-state index is 11.7. The summed E-state index contributed by atoms with van der Waals surface area (Å²) in [6.45, 7) is 2.13. The molecule has 4 nitrogen and oxygen atoms in total. The predicted molar refractivity (Wildman–Crippen MR) is 59.6 cm³/mol. The summed E-state index contributed by atoms with van der Waals surface area (Å²) < 4.78 is 28.8. The summed E-state index contributed by atoms with van der Waals surface area (Å²) in [5.41, 5.74) is 0. The molecule has 2 aliphatic carbocycles. The Bertz CT molecular complexity index is 311. The van der Waals surface area contributed by atoms with Gasteiger partial charge in [-0.2, -0.15) is 17.9 Å².